The van der Waals surface area contributed by atoms with Gasteiger partial charge in [-0.25, -0.2) is 0 Å². The first kappa shape index (κ1) is 11.5. The summed E-state index contributed by atoms with van der Waals surface area (Å²) in [5, 5.41) is 0. The molecule has 0 aliphatic carbocycles. The van der Waals surface area contributed by atoms with Gasteiger partial charge in [0.25, 0.3) is 0 Å². The third kappa shape index (κ3) is 3.36. The minimum absolute atomic E-state index is 0. The van der Waals surface area contributed by atoms with Gasteiger partial charge in [0.1, 0.15) is 0 Å². The van der Waals surface area contributed by atoms with Gasteiger partial charge in [-0.3, -0.25) is 4.55 Å². The van der Waals surface area contributed by atoms with Crippen molar-refractivity contribution in [2.75, 3.05) is 0 Å². The number of hydrogen-bond acceptors (Lipinski definition) is 2. The summed E-state index contributed by atoms with van der Waals surface area (Å²) in [6, 6.07) is 0. The van der Waals surface area contributed by atoms with Gasteiger partial charge in [-0.2, -0.15) is 21.6 Å². The molecule has 0 bridgehead atoms. The second-order valence-electron chi connectivity index (χ2n) is 0.921. The number of rotatable bonds is 0. The second-order valence-corrected chi connectivity index (χ2v) is 2.33. The van der Waals surface area contributed by atoms with Crippen molar-refractivity contribution in [3.05, 3.63) is 0 Å². The lowest BCUT2D eigenvalue weighted by atomic mass is 10.8. The normalized spacial score (nSPS) is 12.4. The van der Waals surface area contributed by atoms with E-state index in [1.54, 1.807) is 0 Å². The van der Waals surface area contributed by atoms with Gasteiger partial charge < -0.3 is 0 Å². The monoisotopic (exact) mass is 161 g/mol. The number of alkyl halides is 3. The Morgan fingerprint density at radius 3 is 1.33 bits per heavy atom. The van der Waals surface area contributed by atoms with Gasteiger partial charge in [0.2, 0.25) is 0 Å². The van der Waals surface area contributed by atoms with Crippen molar-refractivity contribution in [2.24, 2.45) is 0 Å². The molecule has 0 heterocycles. The summed E-state index contributed by atoms with van der Waals surface area (Å²) in [6.45, 7) is 0. The Morgan fingerprint density at radius 2 is 1.33 bits per heavy atom. The van der Waals surface area contributed by atoms with Crippen molar-refractivity contribution >= 4 is 18.5 Å². The van der Waals surface area contributed by atoms with E-state index in [9.17, 15) is 13.2 Å². The largest absolute Gasteiger partial charge is 0.522 e. The van der Waals surface area contributed by atoms with Crippen LogP contribution < -0.4 is 0 Å². The Balaban J connectivity index is 0. The maximum Gasteiger partial charge on any atom is 0.522 e. The molecule has 1 N–H and O–H groups in total. The van der Waals surface area contributed by atoms with Gasteiger partial charge in [-0.1, -0.05) is 0 Å². The van der Waals surface area contributed by atoms with E-state index in [4.69, 9.17) is 13.0 Å². The first-order valence-electron chi connectivity index (χ1n) is 1.29. The fourth-order valence-corrected chi connectivity index (χ4v) is 0. The molecule has 0 fully saturated rings. The predicted octanol–water partition coefficient (Wildman–Crippen LogP) is 0.0132. The van der Waals surface area contributed by atoms with Crippen LogP contribution in [0.4, 0.5) is 13.2 Å². The summed E-state index contributed by atoms with van der Waals surface area (Å²) in [5.74, 6) is 0. The molecule has 0 aromatic heterocycles. The molecule has 0 aliphatic rings. The van der Waals surface area contributed by atoms with Crippen molar-refractivity contribution in [3.63, 3.8) is 0 Å². The highest BCUT2D eigenvalue weighted by molar-refractivity contribution is 7.86. The van der Waals surface area contributed by atoms with Crippen LogP contribution in [0.2, 0.25) is 0 Å². The average molecular weight is 161 g/mol. The van der Waals surface area contributed by atoms with E-state index >= 15 is 0 Å². The van der Waals surface area contributed by atoms with Gasteiger partial charge in [-0.15, -0.1) is 0 Å². The smallest absolute Gasteiger partial charge is 0.279 e. The fraction of sp³-hybridized carbons (Fsp3) is 1.00. The zero-order valence-electron chi connectivity index (χ0n) is 3.88. The van der Waals surface area contributed by atoms with Crippen molar-refractivity contribution in [1.29, 1.82) is 0 Å². The van der Waals surface area contributed by atoms with Crippen LogP contribution in [0.1, 0.15) is 0 Å². The summed E-state index contributed by atoms with van der Waals surface area (Å²) in [4.78, 5) is 0. The maximum absolute atomic E-state index is 10.7. The lowest BCUT2D eigenvalue weighted by Gasteiger charge is -1.97. The zero-order chi connectivity index (χ0) is 7.00. The quantitative estimate of drug-likeness (QED) is 0.309. The minimum atomic E-state index is -5.84. The highest BCUT2D eigenvalue weighted by atomic mass is 32.2. The van der Waals surface area contributed by atoms with Crippen LogP contribution in [0.25, 0.3) is 0 Å². The van der Waals surface area contributed by atoms with Crippen LogP contribution in [0.3, 0.4) is 0 Å². The average Bonchev–Trinajstić information content (AvgIpc) is 1.25. The van der Waals surface area contributed by atoms with E-state index in [1.807, 2.05) is 0 Å². The van der Waals surface area contributed by atoms with E-state index in [1.165, 1.54) is 0 Å². The Kier molecular flexibility index (Phi) is 3.29. The van der Waals surface area contributed by atoms with Crippen LogP contribution in [-0.4, -0.2) is 26.9 Å². The standard InChI is InChI=1S/CHF3O3S.B/c2-1(3,4)8(5,6)7;/h(H,5,6,7);. The molecular weight excluding hydrogens is 160 g/mol. The Morgan fingerprint density at radius 1 is 1.22 bits per heavy atom. The van der Waals surface area contributed by atoms with E-state index < -0.39 is 15.6 Å². The van der Waals surface area contributed by atoms with Crippen molar-refractivity contribution in [2.45, 2.75) is 5.51 Å². The lowest BCUT2D eigenvalue weighted by molar-refractivity contribution is -0.0510. The predicted molar refractivity (Wildman–Crippen MR) is 23.4 cm³/mol. The van der Waals surface area contributed by atoms with Gasteiger partial charge in [-0.05, 0) is 0 Å². The van der Waals surface area contributed by atoms with Crippen molar-refractivity contribution in [3.8, 4) is 0 Å². The molecule has 0 atom stereocenters. The van der Waals surface area contributed by atoms with Crippen molar-refractivity contribution in [1.82, 2.24) is 0 Å². The molecule has 3 nitrogen and oxygen atoms in total. The molecule has 3 radical (unpaired) electrons. The molecule has 0 rings (SSSR count). The fourth-order valence-electron chi connectivity index (χ4n) is 0. The summed E-state index contributed by atoms with van der Waals surface area (Å²) in [6.07, 6.45) is 0. The summed E-state index contributed by atoms with van der Waals surface area (Å²) in [5.41, 5.74) is -5.53. The van der Waals surface area contributed by atoms with Gasteiger partial charge in [0.05, 0.1) is 0 Å². The van der Waals surface area contributed by atoms with E-state index in [-0.39, 0.29) is 8.41 Å². The van der Waals surface area contributed by atoms with E-state index in [2.05, 4.69) is 0 Å². The SMILES string of the molecule is O=S(=O)(O)C(F)(F)F.[B]. The molecular formula is CHBF3O3S. The Hall–Kier alpha value is -0.235. The molecule has 9 heavy (non-hydrogen) atoms. The van der Waals surface area contributed by atoms with Gasteiger partial charge in [0, 0.05) is 8.41 Å². The first-order chi connectivity index (χ1) is 3.25. The molecule has 0 aromatic carbocycles. The molecule has 0 saturated carbocycles. The molecule has 0 saturated heterocycles. The summed E-state index contributed by atoms with van der Waals surface area (Å²) in [7, 11) is -5.84. The summed E-state index contributed by atoms with van der Waals surface area (Å²) < 4.78 is 57.5. The van der Waals surface area contributed by atoms with Crippen LogP contribution in [0, 0.1) is 0 Å². The van der Waals surface area contributed by atoms with E-state index in [0.717, 1.165) is 0 Å². The second kappa shape index (κ2) is 2.57. The molecule has 0 spiro atoms. The van der Waals surface area contributed by atoms with E-state index in [0.29, 0.717) is 0 Å². The van der Waals surface area contributed by atoms with Crippen molar-refractivity contribution < 1.29 is 26.1 Å². The molecule has 0 aromatic rings. The van der Waals surface area contributed by atoms with Crippen LogP contribution >= 0.6 is 0 Å². The highest BCUT2D eigenvalue weighted by Crippen LogP contribution is 2.20. The topological polar surface area (TPSA) is 54.4 Å². The molecule has 0 unspecified atom stereocenters. The van der Waals surface area contributed by atoms with Gasteiger partial charge >= 0.3 is 15.6 Å². The Bertz CT molecular complexity index is 168. The van der Waals surface area contributed by atoms with Gasteiger partial charge in [0.15, 0.2) is 0 Å². The lowest BCUT2D eigenvalue weighted by Crippen LogP contribution is -2.21. The third-order valence-corrected chi connectivity index (χ3v) is 0.877. The van der Waals surface area contributed by atoms with Crippen LogP contribution in [0.15, 0.2) is 0 Å². The molecule has 53 valence electrons. The molecule has 8 heteroatoms. The minimum Gasteiger partial charge on any atom is -0.279 e. The van der Waals surface area contributed by atoms with Crippen LogP contribution in [0.5, 0.6) is 0 Å². The number of hydrogen-bond donors (Lipinski definition) is 1. The molecule has 0 aliphatic heterocycles. The molecule has 0 amide bonds. The zero-order valence-corrected chi connectivity index (χ0v) is 4.70. The Labute approximate surface area is 51.2 Å². The van der Waals surface area contributed by atoms with Crippen LogP contribution in [-0.2, 0) is 10.1 Å². The maximum atomic E-state index is 10.7. The number of halogens is 3. The highest BCUT2D eigenvalue weighted by Gasteiger charge is 2.44. The third-order valence-electron chi connectivity index (χ3n) is 0.292. The first-order valence-corrected chi connectivity index (χ1v) is 2.73. The summed E-state index contributed by atoms with van der Waals surface area (Å²) >= 11 is 0.